The van der Waals surface area contributed by atoms with Crippen LogP contribution in [0.3, 0.4) is 0 Å². The van der Waals surface area contributed by atoms with Crippen molar-refractivity contribution in [3.8, 4) is 0 Å². The Morgan fingerprint density at radius 1 is 1.15 bits per heavy atom. The van der Waals surface area contributed by atoms with Gasteiger partial charge in [0.05, 0.1) is 0 Å². The first-order valence-corrected chi connectivity index (χ1v) is 7.18. The number of aromatic nitrogens is 2. The fourth-order valence-corrected chi connectivity index (χ4v) is 2.20. The molecule has 1 aromatic rings. The van der Waals surface area contributed by atoms with Crippen LogP contribution in [-0.2, 0) is 0 Å². The maximum atomic E-state index is 4.33. The molecule has 0 aliphatic carbocycles. The molecular weight excluding hydrogens is 250 g/mol. The van der Waals surface area contributed by atoms with Gasteiger partial charge in [-0.2, -0.15) is 0 Å². The van der Waals surface area contributed by atoms with Crippen molar-refractivity contribution in [1.29, 1.82) is 0 Å². The van der Waals surface area contributed by atoms with Crippen LogP contribution in [0.5, 0.6) is 0 Å². The predicted octanol–water partition coefficient (Wildman–Crippen LogP) is 1.63. The molecule has 0 amide bonds. The summed E-state index contributed by atoms with van der Waals surface area (Å²) in [5.41, 5.74) is 1.39. The molecule has 0 unspecified atom stereocenters. The van der Waals surface area contributed by atoms with Crippen LogP contribution in [0.25, 0.3) is 0 Å². The molecule has 20 heavy (non-hydrogen) atoms. The molecule has 2 heterocycles. The summed E-state index contributed by atoms with van der Waals surface area (Å²) in [7, 11) is 3.96. The van der Waals surface area contributed by atoms with Crippen LogP contribution in [0.2, 0.25) is 0 Å². The van der Waals surface area contributed by atoms with E-state index in [1.807, 2.05) is 25.1 Å². The van der Waals surface area contributed by atoms with E-state index in [2.05, 4.69) is 46.0 Å². The molecule has 1 aromatic heterocycles. The highest BCUT2D eigenvalue weighted by Gasteiger charge is 2.17. The van der Waals surface area contributed by atoms with E-state index in [-0.39, 0.29) is 0 Å². The second kappa shape index (κ2) is 6.70. The molecule has 0 saturated carbocycles. The molecule has 0 radical (unpaired) electrons. The van der Waals surface area contributed by atoms with Crippen LogP contribution in [0, 0.1) is 0 Å². The molecule has 110 valence electrons. The van der Waals surface area contributed by atoms with Crippen molar-refractivity contribution in [2.24, 2.45) is 0 Å². The van der Waals surface area contributed by atoms with Crippen LogP contribution in [0.1, 0.15) is 13.8 Å². The van der Waals surface area contributed by atoms with Gasteiger partial charge in [0.2, 0.25) is 0 Å². The smallest absolute Gasteiger partial charge is 0.151 e. The van der Waals surface area contributed by atoms with E-state index in [1.54, 1.807) is 0 Å². The third-order valence-corrected chi connectivity index (χ3v) is 3.55. The summed E-state index contributed by atoms with van der Waals surface area (Å²) in [6.45, 7) is 9.57. The summed E-state index contributed by atoms with van der Waals surface area (Å²) < 4.78 is 0. The van der Waals surface area contributed by atoms with E-state index in [9.17, 15) is 0 Å². The predicted molar refractivity (Wildman–Crippen MR) is 84.4 cm³/mol. The van der Waals surface area contributed by atoms with Crippen molar-refractivity contribution in [2.45, 2.75) is 13.8 Å². The Bertz CT molecular complexity index is 440. The van der Waals surface area contributed by atoms with Gasteiger partial charge in [0.15, 0.2) is 11.6 Å². The number of allylic oxidation sites excluding steroid dienone is 1. The van der Waals surface area contributed by atoms with E-state index >= 15 is 0 Å². The highest BCUT2D eigenvalue weighted by atomic mass is 15.3. The number of anilines is 2. The van der Waals surface area contributed by atoms with Crippen molar-refractivity contribution < 1.29 is 0 Å². The van der Waals surface area contributed by atoms with Gasteiger partial charge in [0.25, 0.3) is 0 Å². The largest absolute Gasteiger partial charge is 0.361 e. The van der Waals surface area contributed by atoms with Gasteiger partial charge in [0, 0.05) is 46.8 Å². The van der Waals surface area contributed by atoms with E-state index in [0.717, 1.165) is 44.4 Å². The fourth-order valence-electron chi connectivity index (χ4n) is 2.20. The van der Waals surface area contributed by atoms with E-state index < -0.39 is 0 Å². The van der Waals surface area contributed by atoms with Gasteiger partial charge in [-0.25, -0.2) is 0 Å². The molecule has 0 spiro atoms. The third-order valence-electron chi connectivity index (χ3n) is 3.55. The molecule has 0 atom stereocenters. The molecule has 1 aliphatic heterocycles. The van der Waals surface area contributed by atoms with Gasteiger partial charge in [-0.3, -0.25) is 4.90 Å². The third kappa shape index (κ3) is 3.93. The normalized spacial score (nSPS) is 16.1. The van der Waals surface area contributed by atoms with Gasteiger partial charge in [-0.05, 0) is 26.0 Å². The zero-order valence-corrected chi connectivity index (χ0v) is 13.0. The van der Waals surface area contributed by atoms with Gasteiger partial charge >= 0.3 is 0 Å². The number of piperazine rings is 1. The maximum absolute atomic E-state index is 4.33. The average molecular weight is 275 g/mol. The zero-order chi connectivity index (χ0) is 14.5. The molecule has 1 fully saturated rings. The van der Waals surface area contributed by atoms with Crippen molar-refractivity contribution in [2.75, 3.05) is 56.6 Å². The molecule has 5 nitrogen and oxygen atoms in total. The summed E-state index contributed by atoms with van der Waals surface area (Å²) in [5, 5.41) is 8.57. The number of rotatable bonds is 4. The summed E-state index contributed by atoms with van der Waals surface area (Å²) in [4.78, 5) is 6.75. The Labute approximate surface area is 121 Å². The lowest BCUT2D eigenvalue weighted by molar-refractivity contribution is 0.282. The molecule has 0 aromatic carbocycles. The topological polar surface area (TPSA) is 35.5 Å². The lowest BCUT2D eigenvalue weighted by Crippen LogP contribution is -2.46. The first-order valence-electron chi connectivity index (χ1n) is 7.18. The van der Waals surface area contributed by atoms with Gasteiger partial charge in [-0.15, -0.1) is 10.2 Å². The Hall–Kier alpha value is -1.62. The summed E-state index contributed by atoms with van der Waals surface area (Å²) >= 11 is 0. The zero-order valence-electron chi connectivity index (χ0n) is 13.0. The molecular formula is C15H25N5. The highest BCUT2D eigenvalue weighted by molar-refractivity contribution is 5.44. The lowest BCUT2D eigenvalue weighted by atomic mass is 10.2. The van der Waals surface area contributed by atoms with Crippen molar-refractivity contribution in [1.82, 2.24) is 15.1 Å². The minimum absolute atomic E-state index is 0.899. The van der Waals surface area contributed by atoms with Crippen molar-refractivity contribution in [3.63, 3.8) is 0 Å². The van der Waals surface area contributed by atoms with Gasteiger partial charge in [0.1, 0.15) is 0 Å². The fraction of sp³-hybridized carbons (Fsp3) is 0.600. The summed E-state index contributed by atoms with van der Waals surface area (Å²) in [5.74, 6) is 1.88. The second-order valence-electron chi connectivity index (χ2n) is 5.71. The number of nitrogens with zero attached hydrogens (tertiary/aromatic N) is 5. The van der Waals surface area contributed by atoms with Crippen molar-refractivity contribution in [3.05, 3.63) is 23.8 Å². The van der Waals surface area contributed by atoms with Crippen LogP contribution in [-0.4, -0.2) is 61.9 Å². The molecule has 0 N–H and O–H groups in total. The Morgan fingerprint density at radius 3 is 2.35 bits per heavy atom. The van der Waals surface area contributed by atoms with Gasteiger partial charge < -0.3 is 9.80 Å². The van der Waals surface area contributed by atoms with Crippen LogP contribution in [0.4, 0.5) is 11.6 Å². The molecule has 1 aliphatic rings. The SMILES string of the molecule is CC(C)=CCN1CCN(c2ccc(N(C)C)nn2)CC1. The van der Waals surface area contributed by atoms with Crippen LogP contribution in [0.15, 0.2) is 23.8 Å². The minimum atomic E-state index is 0.899. The Morgan fingerprint density at radius 2 is 1.85 bits per heavy atom. The van der Waals surface area contributed by atoms with E-state index in [4.69, 9.17) is 0 Å². The first-order chi connectivity index (χ1) is 9.56. The summed E-state index contributed by atoms with van der Waals surface area (Å²) in [6.07, 6.45) is 2.29. The molecule has 2 rings (SSSR count). The lowest BCUT2D eigenvalue weighted by Gasteiger charge is -2.34. The standard InChI is InChI=1S/C15H25N5/c1-13(2)7-8-19-9-11-20(12-10-19)15-6-5-14(16-17-15)18(3)4/h5-7H,8-12H2,1-4H3. The van der Waals surface area contributed by atoms with Crippen molar-refractivity contribution >= 4 is 11.6 Å². The Kier molecular flexibility index (Phi) is 4.95. The summed E-state index contributed by atoms with van der Waals surface area (Å²) in [6, 6.07) is 4.09. The van der Waals surface area contributed by atoms with E-state index in [0.29, 0.717) is 0 Å². The molecule has 1 saturated heterocycles. The quantitative estimate of drug-likeness (QED) is 0.781. The van der Waals surface area contributed by atoms with Gasteiger partial charge in [-0.1, -0.05) is 11.6 Å². The number of hydrogen-bond acceptors (Lipinski definition) is 5. The molecule has 0 bridgehead atoms. The first kappa shape index (κ1) is 14.8. The molecule has 5 heteroatoms. The van der Waals surface area contributed by atoms with Crippen LogP contribution < -0.4 is 9.80 Å². The average Bonchev–Trinajstić information content (AvgIpc) is 2.46. The number of hydrogen-bond donors (Lipinski definition) is 0. The monoisotopic (exact) mass is 275 g/mol. The minimum Gasteiger partial charge on any atom is -0.361 e. The van der Waals surface area contributed by atoms with Crippen LogP contribution >= 0.6 is 0 Å². The second-order valence-corrected chi connectivity index (χ2v) is 5.71. The highest BCUT2D eigenvalue weighted by Crippen LogP contribution is 2.15. The Balaban J connectivity index is 1.88. The van der Waals surface area contributed by atoms with E-state index in [1.165, 1.54) is 5.57 Å². The maximum Gasteiger partial charge on any atom is 0.151 e.